The number of carboxylic acids is 1. The van der Waals surface area contributed by atoms with Crippen LogP contribution in [-0.2, 0) is 11.3 Å². The van der Waals surface area contributed by atoms with Crippen LogP contribution in [0.5, 0.6) is 0 Å². The van der Waals surface area contributed by atoms with Crippen molar-refractivity contribution >= 4 is 11.9 Å². The normalized spacial score (nSPS) is 13.6. The molecule has 0 radical (unpaired) electrons. The minimum absolute atomic E-state index is 0.0885. The third-order valence-corrected chi connectivity index (χ3v) is 3.39. The zero-order chi connectivity index (χ0) is 16.3. The molecule has 8 nitrogen and oxygen atoms in total. The van der Waals surface area contributed by atoms with Crippen LogP contribution in [0.3, 0.4) is 0 Å². The second-order valence-electron chi connectivity index (χ2n) is 4.99. The van der Waals surface area contributed by atoms with Crippen LogP contribution >= 0.6 is 0 Å². The molecule has 2 atom stereocenters. The van der Waals surface area contributed by atoms with Crippen LogP contribution in [0.2, 0.25) is 0 Å². The van der Waals surface area contributed by atoms with Gasteiger partial charge in [0, 0.05) is 18.9 Å². The van der Waals surface area contributed by atoms with Crippen molar-refractivity contribution < 1.29 is 14.7 Å². The van der Waals surface area contributed by atoms with E-state index in [-0.39, 0.29) is 17.6 Å². The van der Waals surface area contributed by atoms with Gasteiger partial charge in [-0.2, -0.15) is 10.2 Å². The number of carbonyl (C=O) groups is 2. The van der Waals surface area contributed by atoms with Gasteiger partial charge >= 0.3 is 5.97 Å². The highest BCUT2D eigenvalue weighted by Crippen LogP contribution is 2.12. The summed E-state index contributed by atoms with van der Waals surface area (Å²) in [6, 6.07) is 2.37. The van der Waals surface area contributed by atoms with E-state index in [9.17, 15) is 9.59 Å². The standard InChI is InChI=1S/C14H19N5O3/c1-4-18-7-5-11(16-18)9(2)15-13(20)10(3)19-8-6-12(17-19)14(21)22/h5-10H,4H2,1-3H3,(H,15,20)(H,21,22). The number of hydrogen-bond acceptors (Lipinski definition) is 4. The van der Waals surface area contributed by atoms with E-state index in [0.29, 0.717) is 0 Å². The number of rotatable bonds is 6. The van der Waals surface area contributed by atoms with Crippen molar-refractivity contribution in [2.24, 2.45) is 0 Å². The minimum Gasteiger partial charge on any atom is -0.476 e. The lowest BCUT2D eigenvalue weighted by Gasteiger charge is -2.16. The first-order chi connectivity index (χ1) is 10.4. The molecule has 118 valence electrons. The first-order valence-corrected chi connectivity index (χ1v) is 7.04. The smallest absolute Gasteiger partial charge is 0.356 e. The van der Waals surface area contributed by atoms with Gasteiger partial charge in [0.1, 0.15) is 6.04 Å². The first-order valence-electron chi connectivity index (χ1n) is 7.04. The summed E-state index contributed by atoms with van der Waals surface area (Å²) < 4.78 is 3.12. The Bertz CT molecular complexity index is 676. The predicted molar refractivity (Wildman–Crippen MR) is 78.4 cm³/mol. The number of aromatic carboxylic acids is 1. The molecule has 0 spiro atoms. The zero-order valence-corrected chi connectivity index (χ0v) is 12.7. The molecule has 2 aromatic heterocycles. The molecule has 0 aliphatic carbocycles. The van der Waals surface area contributed by atoms with Gasteiger partial charge in [-0.15, -0.1) is 0 Å². The molecular weight excluding hydrogens is 286 g/mol. The Balaban J connectivity index is 2.02. The summed E-state index contributed by atoms with van der Waals surface area (Å²) in [4.78, 5) is 23.0. The van der Waals surface area contributed by atoms with Crippen LogP contribution in [-0.4, -0.2) is 36.5 Å². The second-order valence-corrected chi connectivity index (χ2v) is 4.99. The lowest BCUT2D eigenvalue weighted by molar-refractivity contribution is -0.124. The molecule has 2 unspecified atom stereocenters. The van der Waals surface area contributed by atoms with Crippen molar-refractivity contribution in [3.8, 4) is 0 Å². The largest absolute Gasteiger partial charge is 0.476 e. The Hall–Kier alpha value is -2.64. The average molecular weight is 305 g/mol. The summed E-state index contributed by atoms with van der Waals surface area (Å²) >= 11 is 0. The third-order valence-electron chi connectivity index (χ3n) is 3.39. The minimum atomic E-state index is -1.12. The van der Waals surface area contributed by atoms with E-state index in [1.54, 1.807) is 11.6 Å². The number of hydrogen-bond donors (Lipinski definition) is 2. The van der Waals surface area contributed by atoms with E-state index in [1.807, 2.05) is 26.1 Å². The van der Waals surface area contributed by atoms with E-state index < -0.39 is 12.0 Å². The fourth-order valence-electron chi connectivity index (χ4n) is 1.98. The van der Waals surface area contributed by atoms with Crippen LogP contribution in [0.25, 0.3) is 0 Å². The topological polar surface area (TPSA) is 102 Å². The Morgan fingerprint density at radius 3 is 2.55 bits per heavy atom. The zero-order valence-electron chi connectivity index (χ0n) is 12.7. The van der Waals surface area contributed by atoms with E-state index in [4.69, 9.17) is 5.11 Å². The highest BCUT2D eigenvalue weighted by atomic mass is 16.4. The number of carbonyl (C=O) groups excluding carboxylic acids is 1. The molecule has 0 saturated heterocycles. The van der Waals surface area contributed by atoms with Crippen molar-refractivity contribution in [1.29, 1.82) is 0 Å². The molecule has 0 saturated carbocycles. The fraction of sp³-hybridized carbons (Fsp3) is 0.429. The maximum atomic E-state index is 12.2. The van der Waals surface area contributed by atoms with E-state index in [0.717, 1.165) is 12.2 Å². The van der Waals surface area contributed by atoms with E-state index in [2.05, 4.69) is 15.5 Å². The predicted octanol–water partition coefficient (Wildman–Crippen LogP) is 1.24. The number of aromatic nitrogens is 4. The Morgan fingerprint density at radius 2 is 2.00 bits per heavy atom. The maximum Gasteiger partial charge on any atom is 0.356 e. The molecule has 2 N–H and O–H groups in total. The molecule has 0 aliphatic rings. The van der Waals surface area contributed by atoms with Gasteiger partial charge in [-0.1, -0.05) is 0 Å². The lowest BCUT2D eigenvalue weighted by Crippen LogP contribution is -2.33. The van der Waals surface area contributed by atoms with Crippen LogP contribution in [0, 0.1) is 0 Å². The summed E-state index contributed by atoms with van der Waals surface area (Å²) in [7, 11) is 0. The summed E-state index contributed by atoms with van der Waals surface area (Å²) in [6.45, 7) is 6.26. The monoisotopic (exact) mass is 305 g/mol. The van der Waals surface area contributed by atoms with Crippen LogP contribution in [0.4, 0.5) is 0 Å². The fourth-order valence-corrected chi connectivity index (χ4v) is 1.98. The van der Waals surface area contributed by atoms with Gasteiger partial charge in [-0.3, -0.25) is 14.2 Å². The Morgan fingerprint density at radius 1 is 1.27 bits per heavy atom. The molecular formula is C14H19N5O3. The lowest BCUT2D eigenvalue weighted by atomic mass is 10.2. The molecule has 2 heterocycles. The molecule has 0 aromatic carbocycles. The number of nitrogens with one attached hydrogen (secondary N) is 1. The molecule has 0 bridgehead atoms. The number of nitrogens with zero attached hydrogens (tertiary/aromatic N) is 4. The van der Waals surface area contributed by atoms with Gasteiger partial charge in [0.05, 0.1) is 11.7 Å². The molecule has 22 heavy (non-hydrogen) atoms. The summed E-state index contributed by atoms with van der Waals surface area (Å²) in [5, 5.41) is 19.9. The number of amides is 1. The molecule has 0 aliphatic heterocycles. The van der Waals surface area contributed by atoms with Crippen molar-refractivity contribution in [3.63, 3.8) is 0 Å². The summed E-state index contributed by atoms with van der Waals surface area (Å²) in [5.41, 5.74) is 0.684. The first kappa shape index (κ1) is 15.7. The molecule has 1 amide bonds. The Labute approximate surface area is 127 Å². The van der Waals surface area contributed by atoms with Crippen molar-refractivity contribution in [1.82, 2.24) is 24.9 Å². The van der Waals surface area contributed by atoms with Gasteiger partial charge in [0.15, 0.2) is 5.69 Å². The summed E-state index contributed by atoms with van der Waals surface area (Å²) in [6.07, 6.45) is 3.33. The average Bonchev–Trinajstić information content (AvgIpc) is 3.15. The second kappa shape index (κ2) is 6.42. The van der Waals surface area contributed by atoms with Gasteiger partial charge in [-0.25, -0.2) is 4.79 Å². The third kappa shape index (κ3) is 3.33. The van der Waals surface area contributed by atoms with Crippen molar-refractivity contribution in [2.45, 2.75) is 39.4 Å². The highest BCUT2D eigenvalue weighted by molar-refractivity contribution is 5.85. The van der Waals surface area contributed by atoms with Gasteiger partial charge in [0.25, 0.3) is 0 Å². The van der Waals surface area contributed by atoms with Gasteiger partial charge in [-0.05, 0) is 32.9 Å². The van der Waals surface area contributed by atoms with Crippen LogP contribution in [0.1, 0.15) is 49.0 Å². The van der Waals surface area contributed by atoms with E-state index >= 15 is 0 Å². The molecule has 0 fully saturated rings. The van der Waals surface area contributed by atoms with Crippen molar-refractivity contribution in [2.75, 3.05) is 0 Å². The van der Waals surface area contributed by atoms with Crippen LogP contribution < -0.4 is 5.32 Å². The maximum absolute atomic E-state index is 12.2. The van der Waals surface area contributed by atoms with Gasteiger partial charge in [0.2, 0.25) is 5.91 Å². The number of aryl methyl sites for hydroxylation is 1. The highest BCUT2D eigenvalue weighted by Gasteiger charge is 2.20. The van der Waals surface area contributed by atoms with Crippen LogP contribution in [0.15, 0.2) is 24.5 Å². The number of carboxylic acid groups (broad SMARTS) is 1. The van der Waals surface area contributed by atoms with Crippen molar-refractivity contribution in [3.05, 3.63) is 35.9 Å². The molecule has 8 heteroatoms. The van der Waals surface area contributed by atoms with Gasteiger partial charge < -0.3 is 10.4 Å². The molecule has 2 aromatic rings. The molecule has 2 rings (SSSR count). The quantitative estimate of drug-likeness (QED) is 0.836. The SMILES string of the molecule is CCn1ccc(C(C)NC(=O)C(C)n2ccc(C(=O)O)n2)n1. The Kier molecular flexibility index (Phi) is 4.59. The summed E-state index contributed by atoms with van der Waals surface area (Å²) in [5.74, 6) is -1.37. The van der Waals surface area contributed by atoms with E-state index in [1.165, 1.54) is 16.9 Å².